The molecular formula is C28H32F3N5O2. The van der Waals surface area contributed by atoms with E-state index >= 15 is 0 Å². The Labute approximate surface area is 220 Å². The Hall–Kier alpha value is -3.40. The van der Waals surface area contributed by atoms with Crippen molar-refractivity contribution in [3.8, 4) is 5.75 Å². The fourth-order valence-corrected chi connectivity index (χ4v) is 5.75. The van der Waals surface area contributed by atoms with Gasteiger partial charge in [0.1, 0.15) is 5.75 Å². The molecule has 1 aromatic heterocycles. The highest BCUT2D eigenvalue weighted by atomic mass is 19.4. The predicted molar refractivity (Wildman–Crippen MR) is 136 cm³/mol. The number of amides is 1. The van der Waals surface area contributed by atoms with Crippen molar-refractivity contribution >= 4 is 5.91 Å². The van der Waals surface area contributed by atoms with Crippen molar-refractivity contribution in [3.05, 3.63) is 76.6 Å². The number of aryl methyl sites for hydroxylation is 1. The van der Waals surface area contributed by atoms with Gasteiger partial charge in [0.2, 0.25) is 0 Å². The first-order valence-corrected chi connectivity index (χ1v) is 12.9. The van der Waals surface area contributed by atoms with Crippen LogP contribution in [0, 0.1) is 13.8 Å². The molecule has 0 saturated carbocycles. The van der Waals surface area contributed by atoms with Gasteiger partial charge < -0.3 is 9.64 Å². The van der Waals surface area contributed by atoms with Gasteiger partial charge >= 0.3 is 6.18 Å². The molecule has 202 valence electrons. The van der Waals surface area contributed by atoms with Crippen molar-refractivity contribution in [1.29, 1.82) is 0 Å². The third-order valence-corrected chi connectivity index (χ3v) is 7.99. The highest BCUT2D eigenvalue weighted by Crippen LogP contribution is 2.40. The van der Waals surface area contributed by atoms with Crippen molar-refractivity contribution in [3.63, 3.8) is 0 Å². The molecule has 10 heteroatoms. The summed E-state index contributed by atoms with van der Waals surface area (Å²) in [4.78, 5) is 17.3. The van der Waals surface area contributed by atoms with Crippen LogP contribution in [0.5, 0.6) is 5.75 Å². The molecule has 2 aromatic carbocycles. The minimum Gasteiger partial charge on any atom is -0.493 e. The van der Waals surface area contributed by atoms with E-state index in [1.54, 1.807) is 10.9 Å². The second kappa shape index (κ2) is 10.4. The van der Waals surface area contributed by atoms with Gasteiger partial charge in [-0.1, -0.05) is 11.3 Å². The van der Waals surface area contributed by atoms with E-state index in [0.29, 0.717) is 18.7 Å². The van der Waals surface area contributed by atoms with Gasteiger partial charge in [0.25, 0.3) is 5.91 Å². The SMILES string of the molecule is Cc1c(OCCCn2ccnn2)ccc([C@H](C)N2C[C@H]3C[C@@H]2CN3C(=O)c2ccc(C(F)(F)F)cc2)c1C. The number of benzene rings is 2. The summed E-state index contributed by atoms with van der Waals surface area (Å²) in [5.74, 6) is 0.684. The molecule has 0 N–H and O–H groups in total. The highest BCUT2D eigenvalue weighted by molar-refractivity contribution is 5.94. The van der Waals surface area contributed by atoms with E-state index in [0.717, 1.165) is 49.4 Å². The van der Waals surface area contributed by atoms with Crippen molar-refractivity contribution in [2.45, 2.75) is 64.5 Å². The molecular weight excluding hydrogens is 495 g/mol. The molecule has 38 heavy (non-hydrogen) atoms. The molecule has 2 aliphatic rings. The lowest BCUT2D eigenvalue weighted by atomic mass is 9.96. The first-order valence-electron chi connectivity index (χ1n) is 12.9. The van der Waals surface area contributed by atoms with Gasteiger partial charge in [-0.05, 0) is 74.2 Å². The van der Waals surface area contributed by atoms with E-state index in [2.05, 4.69) is 42.0 Å². The number of rotatable bonds is 8. The molecule has 2 aliphatic heterocycles. The van der Waals surface area contributed by atoms with Crippen LogP contribution in [0.25, 0.3) is 0 Å². The predicted octanol–water partition coefficient (Wildman–Crippen LogP) is 5.04. The molecule has 0 radical (unpaired) electrons. The topological polar surface area (TPSA) is 63.5 Å². The van der Waals surface area contributed by atoms with Crippen molar-refractivity contribution in [2.24, 2.45) is 0 Å². The number of nitrogens with zero attached hydrogens (tertiary/aromatic N) is 5. The first-order chi connectivity index (χ1) is 18.1. The van der Waals surface area contributed by atoms with E-state index in [9.17, 15) is 18.0 Å². The third kappa shape index (κ3) is 5.14. The Morgan fingerprint density at radius 2 is 1.84 bits per heavy atom. The first kappa shape index (κ1) is 26.2. The molecule has 0 unspecified atom stereocenters. The quantitative estimate of drug-likeness (QED) is 0.384. The van der Waals surface area contributed by atoms with Gasteiger partial charge in [0.05, 0.1) is 18.4 Å². The number of halogens is 3. The summed E-state index contributed by atoms with van der Waals surface area (Å²) in [7, 11) is 0. The number of fused-ring (bicyclic) bond motifs is 2. The number of alkyl halides is 3. The van der Waals surface area contributed by atoms with Gasteiger partial charge in [0, 0.05) is 55.9 Å². The van der Waals surface area contributed by atoms with Crippen LogP contribution in [0.4, 0.5) is 13.2 Å². The fourth-order valence-electron chi connectivity index (χ4n) is 5.75. The number of carbonyl (C=O) groups is 1. The summed E-state index contributed by atoms with van der Waals surface area (Å²) in [6, 6.07) is 9.15. The molecule has 0 spiro atoms. The Kier molecular flexibility index (Phi) is 7.17. The van der Waals surface area contributed by atoms with E-state index in [1.807, 2.05) is 17.2 Å². The van der Waals surface area contributed by atoms with E-state index in [1.165, 1.54) is 23.3 Å². The smallest absolute Gasteiger partial charge is 0.416 e. The van der Waals surface area contributed by atoms with Crippen LogP contribution in [0.3, 0.4) is 0 Å². The number of piperazine rings is 1. The minimum atomic E-state index is -4.41. The standard InChI is InChI=1S/C28H32F3N5O2/c1-18-19(2)26(38-14-4-12-34-13-11-32-33-34)10-9-25(18)20(3)35-16-24-15-23(35)17-36(24)27(37)21-5-7-22(8-6-21)28(29,30)31/h5-11,13,20,23-24H,4,12,14-17H2,1-3H3/t20-,23+,24+/m0/s1. The number of carbonyl (C=O) groups excluding carboxylic acids is 1. The molecule has 5 rings (SSSR count). The van der Waals surface area contributed by atoms with Crippen LogP contribution in [0.1, 0.15) is 58.4 Å². The number of likely N-dealkylation sites (tertiary alicyclic amines) is 2. The number of ether oxygens (including phenoxy) is 1. The summed E-state index contributed by atoms with van der Waals surface area (Å²) in [6.45, 7) is 9.08. The molecule has 2 fully saturated rings. The largest absolute Gasteiger partial charge is 0.493 e. The Morgan fingerprint density at radius 3 is 2.47 bits per heavy atom. The van der Waals surface area contributed by atoms with Crippen LogP contribution in [-0.4, -0.2) is 62.5 Å². The molecule has 3 atom stereocenters. The molecule has 2 bridgehead atoms. The monoisotopic (exact) mass is 527 g/mol. The van der Waals surface area contributed by atoms with E-state index < -0.39 is 11.7 Å². The third-order valence-electron chi connectivity index (χ3n) is 7.99. The number of aromatic nitrogens is 3. The highest BCUT2D eigenvalue weighted by Gasteiger charge is 2.47. The average Bonchev–Trinajstić information content (AvgIpc) is 3.66. The van der Waals surface area contributed by atoms with E-state index in [4.69, 9.17) is 4.74 Å². The van der Waals surface area contributed by atoms with Crippen LogP contribution >= 0.6 is 0 Å². The molecule has 7 nitrogen and oxygen atoms in total. The zero-order chi connectivity index (χ0) is 27.0. The van der Waals surface area contributed by atoms with Gasteiger partial charge in [-0.2, -0.15) is 13.2 Å². The lowest BCUT2D eigenvalue weighted by Crippen LogP contribution is -2.49. The van der Waals surface area contributed by atoms with Crippen molar-refractivity contribution < 1.29 is 22.7 Å². The maximum Gasteiger partial charge on any atom is 0.416 e. The zero-order valence-corrected chi connectivity index (χ0v) is 21.8. The molecule has 3 heterocycles. The maximum absolute atomic E-state index is 13.1. The van der Waals surface area contributed by atoms with Crippen LogP contribution < -0.4 is 4.74 Å². The van der Waals surface area contributed by atoms with E-state index in [-0.39, 0.29) is 24.0 Å². The molecule has 3 aromatic rings. The zero-order valence-electron chi connectivity index (χ0n) is 21.8. The summed E-state index contributed by atoms with van der Waals surface area (Å²) in [5, 5.41) is 7.77. The molecule has 1 amide bonds. The molecule has 2 saturated heterocycles. The lowest BCUT2D eigenvalue weighted by Gasteiger charge is -2.38. The van der Waals surface area contributed by atoms with Crippen LogP contribution in [0.15, 0.2) is 48.8 Å². The number of hydrogen-bond donors (Lipinski definition) is 0. The Morgan fingerprint density at radius 1 is 1.08 bits per heavy atom. The fraction of sp³-hybridized carbons (Fsp3) is 0.464. The maximum atomic E-state index is 13.1. The summed E-state index contributed by atoms with van der Waals surface area (Å²) < 4.78 is 46.5. The van der Waals surface area contributed by atoms with Gasteiger partial charge in [-0.3, -0.25) is 14.4 Å². The van der Waals surface area contributed by atoms with Crippen molar-refractivity contribution in [2.75, 3.05) is 19.7 Å². The summed E-state index contributed by atoms with van der Waals surface area (Å²) >= 11 is 0. The van der Waals surface area contributed by atoms with Crippen molar-refractivity contribution in [1.82, 2.24) is 24.8 Å². The van der Waals surface area contributed by atoms with Crippen LogP contribution in [-0.2, 0) is 12.7 Å². The second-order valence-corrected chi connectivity index (χ2v) is 10.2. The second-order valence-electron chi connectivity index (χ2n) is 10.2. The normalized spacial score (nSPS) is 20.2. The van der Waals surface area contributed by atoms with Crippen LogP contribution in [0.2, 0.25) is 0 Å². The average molecular weight is 528 g/mol. The minimum absolute atomic E-state index is 0.0613. The van der Waals surface area contributed by atoms with Gasteiger partial charge in [0.15, 0.2) is 0 Å². The van der Waals surface area contributed by atoms with Gasteiger partial charge in [-0.15, -0.1) is 5.10 Å². The Balaban J connectivity index is 1.19. The lowest BCUT2D eigenvalue weighted by molar-refractivity contribution is -0.137. The van der Waals surface area contributed by atoms with Gasteiger partial charge in [-0.25, -0.2) is 0 Å². The number of hydrogen-bond acceptors (Lipinski definition) is 5. The summed E-state index contributed by atoms with van der Waals surface area (Å²) in [5.41, 5.74) is 3.12. The Bertz CT molecular complexity index is 1280. The summed E-state index contributed by atoms with van der Waals surface area (Å²) in [6.07, 6.45) is 0.792. The molecule has 0 aliphatic carbocycles.